The smallest absolute Gasteiger partial charge is 0.0587 e. The fraction of sp³-hybridized carbons (Fsp3) is 0.583. The number of rotatable bonds is 6. The topological polar surface area (TPSA) is 34.1 Å². The van der Waals surface area contributed by atoms with E-state index >= 15 is 0 Å². The summed E-state index contributed by atoms with van der Waals surface area (Å²) in [5.74, 6) is 0.771. The molecule has 1 aromatic rings. The molecule has 0 radical (unpaired) electrons. The predicted octanol–water partition coefficient (Wildman–Crippen LogP) is 2.53. The lowest BCUT2D eigenvalue weighted by Crippen LogP contribution is -2.26. The second-order valence-corrected chi connectivity index (χ2v) is 5.11. The molecular weight excluding hydrogens is 268 g/mol. The Hall–Kier alpha value is -0.450. The average molecular weight is 285 g/mol. The van der Waals surface area contributed by atoms with E-state index < -0.39 is 0 Å². The Morgan fingerprint density at radius 1 is 1.56 bits per heavy atom. The molecule has 1 aliphatic carbocycles. The first-order chi connectivity index (χ1) is 7.81. The van der Waals surface area contributed by atoms with E-state index in [9.17, 15) is 0 Å². The van der Waals surface area contributed by atoms with Crippen LogP contribution in [0, 0.1) is 5.92 Å². The van der Waals surface area contributed by atoms with Gasteiger partial charge in [-0.1, -0.05) is 0 Å². The fourth-order valence-corrected chi connectivity index (χ4v) is 2.28. The van der Waals surface area contributed by atoms with Crippen LogP contribution in [-0.4, -0.2) is 25.2 Å². The number of ether oxygens (including phenoxy) is 1. The first-order valence-corrected chi connectivity index (χ1v) is 6.43. The summed E-state index contributed by atoms with van der Waals surface area (Å²) >= 11 is 3.47. The molecular formula is C12H17BrN2O. The first kappa shape index (κ1) is 12.0. The van der Waals surface area contributed by atoms with Crippen molar-refractivity contribution in [1.82, 2.24) is 10.3 Å². The predicted molar refractivity (Wildman–Crippen MR) is 67.3 cm³/mol. The highest BCUT2D eigenvalue weighted by Gasteiger charge is 2.32. The van der Waals surface area contributed by atoms with Crippen molar-refractivity contribution in [1.29, 1.82) is 0 Å². The molecule has 1 N–H and O–H groups in total. The Labute approximate surface area is 105 Å². The summed E-state index contributed by atoms with van der Waals surface area (Å²) in [7, 11) is 1.73. The fourth-order valence-electron chi connectivity index (χ4n) is 1.90. The highest BCUT2D eigenvalue weighted by atomic mass is 79.9. The minimum absolute atomic E-state index is 0.431. The summed E-state index contributed by atoms with van der Waals surface area (Å²) in [6.45, 7) is 1.65. The quantitative estimate of drug-likeness (QED) is 0.816. The van der Waals surface area contributed by atoms with Gasteiger partial charge in [0, 0.05) is 36.6 Å². The van der Waals surface area contributed by atoms with Crippen LogP contribution in [0.25, 0.3) is 0 Å². The number of nitrogens with zero attached hydrogens (tertiary/aromatic N) is 1. The van der Waals surface area contributed by atoms with Crippen LogP contribution >= 0.6 is 15.9 Å². The van der Waals surface area contributed by atoms with Gasteiger partial charge in [0.05, 0.1) is 6.61 Å². The Kier molecular flexibility index (Phi) is 4.32. The van der Waals surface area contributed by atoms with Crippen molar-refractivity contribution >= 4 is 15.9 Å². The number of pyridine rings is 1. The zero-order chi connectivity index (χ0) is 11.4. The van der Waals surface area contributed by atoms with Crippen LogP contribution in [0.3, 0.4) is 0 Å². The molecule has 0 saturated heterocycles. The van der Waals surface area contributed by atoms with Crippen molar-refractivity contribution in [3.8, 4) is 0 Å². The summed E-state index contributed by atoms with van der Waals surface area (Å²) in [6.07, 6.45) is 6.41. The number of hydrogen-bond donors (Lipinski definition) is 1. The molecule has 0 aliphatic heterocycles. The third-order valence-corrected chi connectivity index (χ3v) is 3.28. The Morgan fingerprint density at radius 3 is 3.00 bits per heavy atom. The maximum Gasteiger partial charge on any atom is 0.0587 e. The molecule has 1 aliphatic rings. The van der Waals surface area contributed by atoms with Gasteiger partial charge in [-0.25, -0.2) is 0 Å². The second-order valence-electron chi connectivity index (χ2n) is 4.20. The van der Waals surface area contributed by atoms with Crippen LogP contribution in [0.5, 0.6) is 0 Å². The molecule has 2 rings (SSSR count). The van der Waals surface area contributed by atoms with E-state index in [1.165, 1.54) is 18.4 Å². The second kappa shape index (κ2) is 5.75. The van der Waals surface area contributed by atoms with E-state index in [1.54, 1.807) is 7.11 Å². The Bertz CT molecular complexity index is 342. The van der Waals surface area contributed by atoms with Crippen molar-refractivity contribution in [2.24, 2.45) is 5.92 Å². The molecule has 0 bridgehead atoms. The van der Waals surface area contributed by atoms with E-state index in [4.69, 9.17) is 4.74 Å². The minimum Gasteiger partial charge on any atom is -0.383 e. The van der Waals surface area contributed by atoms with E-state index in [0.29, 0.717) is 6.04 Å². The molecule has 4 heteroatoms. The van der Waals surface area contributed by atoms with E-state index in [-0.39, 0.29) is 0 Å². The standard InChI is InChI=1S/C12H17BrN2O/c1-16-5-4-15-12(9-2-3-9)10-6-11(13)8-14-7-10/h6-9,12,15H,2-5H2,1H3/t12-/m0/s1. The number of nitrogens with one attached hydrogen (secondary N) is 1. The van der Waals surface area contributed by atoms with Gasteiger partial charge in [0.15, 0.2) is 0 Å². The molecule has 0 spiro atoms. The molecule has 0 aromatic carbocycles. The maximum absolute atomic E-state index is 5.06. The lowest BCUT2D eigenvalue weighted by Gasteiger charge is -2.18. The normalized spacial score (nSPS) is 17.4. The molecule has 1 heterocycles. The lowest BCUT2D eigenvalue weighted by atomic mass is 10.0. The molecule has 0 amide bonds. The van der Waals surface area contributed by atoms with Gasteiger partial charge >= 0.3 is 0 Å². The van der Waals surface area contributed by atoms with Crippen LogP contribution in [0.2, 0.25) is 0 Å². The van der Waals surface area contributed by atoms with Crippen LogP contribution in [0.4, 0.5) is 0 Å². The highest BCUT2D eigenvalue weighted by Crippen LogP contribution is 2.41. The van der Waals surface area contributed by atoms with Gasteiger partial charge in [-0.2, -0.15) is 0 Å². The van der Waals surface area contributed by atoms with Gasteiger partial charge in [-0.05, 0) is 46.3 Å². The number of halogens is 1. The molecule has 0 unspecified atom stereocenters. The van der Waals surface area contributed by atoms with Crippen molar-refractivity contribution < 1.29 is 4.74 Å². The van der Waals surface area contributed by atoms with Crippen molar-refractivity contribution in [3.05, 3.63) is 28.5 Å². The SMILES string of the molecule is COCCN[C@H](c1cncc(Br)c1)C1CC1. The van der Waals surface area contributed by atoms with E-state index in [2.05, 4.69) is 32.3 Å². The summed E-state index contributed by atoms with van der Waals surface area (Å²) in [5, 5.41) is 3.54. The van der Waals surface area contributed by atoms with Gasteiger partial charge < -0.3 is 10.1 Å². The summed E-state index contributed by atoms with van der Waals surface area (Å²) in [5.41, 5.74) is 1.27. The summed E-state index contributed by atoms with van der Waals surface area (Å²) in [6, 6.07) is 2.58. The van der Waals surface area contributed by atoms with Crippen LogP contribution in [0.1, 0.15) is 24.4 Å². The molecule has 1 fully saturated rings. The average Bonchev–Trinajstić information content (AvgIpc) is 3.08. The van der Waals surface area contributed by atoms with E-state index in [0.717, 1.165) is 23.5 Å². The summed E-state index contributed by atoms with van der Waals surface area (Å²) in [4.78, 5) is 4.23. The highest BCUT2D eigenvalue weighted by molar-refractivity contribution is 9.10. The third-order valence-electron chi connectivity index (χ3n) is 2.85. The number of methoxy groups -OCH3 is 1. The van der Waals surface area contributed by atoms with Crippen LogP contribution < -0.4 is 5.32 Å². The first-order valence-electron chi connectivity index (χ1n) is 5.64. The zero-order valence-electron chi connectivity index (χ0n) is 9.45. The monoisotopic (exact) mass is 284 g/mol. The molecule has 1 atom stereocenters. The van der Waals surface area contributed by atoms with Crippen molar-refractivity contribution in [3.63, 3.8) is 0 Å². The number of aromatic nitrogens is 1. The largest absolute Gasteiger partial charge is 0.383 e. The van der Waals surface area contributed by atoms with Gasteiger partial charge in [0.1, 0.15) is 0 Å². The van der Waals surface area contributed by atoms with Gasteiger partial charge in [0.2, 0.25) is 0 Å². The van der Waals surface area contributed by atoms with Crippen LogP contribution in [0.15, 0.2) is 22.9 Å². The van der Waals surface area contributed by atoms with E-state index in [1.807, 2.05) is 12.4 Å². The Morgan fingerprint density at radius 2 is 2.38 bits per heavy atom. The Balaban J connectivity index is 2.01. The zero-order valence-corrected chi connectivity index (χ0v) is 11.0. The minimum atomic E-state index is 0.431. The van der Waals surface area contributed by atoms with Gasteiger partial charge in [-0.3, -0.25) is 4.98 Å². The molecule has 1 aromatic heterocycles. The molecule has 88 valence electrons. The molecule has 3 nitrogen and oxygen atoms in total. The van der Waals surface area contributed by atoms with Crippen molar-refractivity contribution in [2.45, 2.75) is 18.9 Å². The van der Waals surface area contributed by atoms with Crippen LogP contribution in [-0.2, 0) is 4.74 Å². The maximum atomic E-state index is 5.06. The molecule has 16 heavy (non-hydrogen) atoms. The third kappa shape index (κ3) is 3.27. The van der Waals surface area contributed by atoms with Gasteiger partial charge in [-0.15, -0.1) is 0 Å². The van der Waals surface area contributed by atoms with Gasteiger partial charge in [0.25, 0.3) is 0 Å². The lowest BCUT2D eigenvalue weighted by molar-refractivity contribution is 0.194. The molecule has 1 saturated carbocycles. The number of hydrogen-bond acceptors (Lipinski definition) is 3. The van der Waals surface area contributed by atoms with Crippen molar-refractivity contribution in [2.75, 3.05) is 20.3 Å². The summed E-state index contributed by atoms with van der Waals surface area (Å²) < 4.78 is 6.11.